The van der Waals surface area contributed by atoms with Gasteiger partial charge in [0.1, 0.15) is 23.4 Å². The average molecular weight is 505 g/mol. The lowest BCUT2D eigenvalue weighted by atomic mass is 9.96. The van der Waals surface area contributed by atoms with Crippen LogP contribution in [0.4, 0.5) is 9.80 Å². The summed E-state index contributed by atoms with van der Waals surface area (Å²) in [6.07, 6.45) is 3.70. The van der Waals surface area contributed by atoms with Gasteiger partial charge in [-0.15, -0.1) is 11.3 Å². The molecule has 0 bridgehead atoms. The maximum absolute atomic E-state index is 12.9. The van der Waals surface area contributed by atoms with Crippen molar-refractivity contribution in [2.24, 2.45) is 0 Å². The molecule has 8 nitrogen and oxygen atoms in total. The number of para-hydroxylation sites is 1. The molecule has 2 amide bonds. The number of nitrogens with zero attached hydrogens (tertiary/aromatic N) is 3. The maximum Gasteiger partial charge on any atom is 0.410 e. The SMILES string of the molecule is CCOc1ccccc1C(C)CC(=O)Nc1sc2c(c1C#N)CCN(C(=O)OCc1cccnc1)C2. The summed E-state index contributed by atoms with van der Waals surface area (Å²) in [5.41, 5.74) is 3.16. The fraction of sp³-hybridized carbons (Fsp3) is 0.333. The minimum atomic E-state index is -0.413. The van der Waals surface area contributed by atoms with Crippen molar-refractivity contribution in [2.75, 3.05) is 18.5 Å². The van der Waals surface area contributed by atoms with E-state index in [0.717, 1.165) is 27.3 Å². The van der Waals surface area contributed by atoms with Gasteiger partial charge < -0.3 is 19.7 Å². The van der Waals surface area contributed by atoms with E-state index in [2.05, 4.69) is 16.4 Å². The molecule has 3 heterocycles. The number of pyridine rings is 1. The first-order chi connectivity index (χ1) is 17.5. The van der Waals surface area contributed by atoms with Crippen LogP contribution < -0.4 is 10.1 Å². The molecule has 0 fully saturated rings. The van der Waals surface area contributed by atoms with E-state index in [9.17, 15) is 14.9 Å². The smallest absolute Gasteiger partial charge is 0.410 e. The Morgan fingerprint density at radius 1 is 1.28 bits per heavy atom. The lowest BCUT2D eigenvalue weighted by Gasteiger charge is -2.26. The largest absolute Gasteiger partial charge is 0.494 e. The number of benzene rings is 1. The van der Waals surface area contributed by atoms with E-state index in [4.69, 9.17) is 9.47 Å². The molecule has 0 saturated heterocycles. The van der Waals surface area contributed by atoms with Gasteiger partial charge in [0.2, 0.25) is 5.91 Å². The molecule has 1 atom stereocenters. The number of rotatable bonds is 8. The number of hydrogen-bond donors (Lipinski definition) is 1. The van der Waals surface area contributed by atoms with Crippen LogP contribution in [0.15, 0.2) is 48.8 Å². The van der Waals surface area contributed by atoms with Gasteiger partial charge in [-0.05, 0) is 42.5 Å². The second-order valence-electron chi connectivity index (χ2n) is 8.53. The second kappa shape index (κ2) is 11.7. The average Bonchev–Trinajstić information content (AvgIpc) is 3.24. The number of nitrogens with one attached hydrogen (secondary N) is 1. The number of fused-ring (bicyclic) bond motifs is 1. The number of amides is 2. The summed E-state index contributed by atoms with van der Waals surface area (Å²) in [4.78, 5) is 32.0. The van der Waals surface area contributed by atoms with Gasteiger partial charge in [0.25, 0.3) is 0 Å². The summed E-state index contributed by atoms with van der Waals surface area (Å²) in [6.45, 7) is 5.40. The number of aromatic nitrogens is 1. The third kappa shape index (κ3) is 5.83. The summed E-state index contributed by atoms with van der Waals surface area (Å²) < 4.78 is 11.1. The van der Waals surface area contributed by atoms with Crippen LogP contribution in [0.3, 0.4) is 0 Å². The molecule has 2 aromatic heterocycles. The van der Waals surface area contributed by atoms with E-state index < -0.39 is 6.09 Å². The molecule has 1 N–H and O–H groups in total. The van der Waals surface area contributed by atoms with Gasteiger partial charge in [-0.1, -0.05) is 31.2 Å². The number of nitriles is 1. The summed E-state index contributed by atoms with van der Waals surface area (Å²) in [7, 11) is 0. The Hall–Kier alpha value is -3.90. The monoisotopic (exact) mass is 504 g/mol. The van der Waals surface area contributed by atoms with Crippen molar-refractivity contribution in [2.45, 2.75) is 45.8 Å². The topological polar surface area (TPSA) is 105 Å². The third-order valence-electron chi connectivity index (χ3n) is 6.01. The van der Waals surface area contributed by atoms with Gasteiger partial charge in [-0.25, -0.2) is 4.79 Å². The Balaban J connectivity index is 1.40. The Labute approximate surface area is 214 Å². The number of anilines is 1. The van der Waals surface area contributed by atoms with Gasteiger partial charge in [0.15, 0.2) is 0 Å². The Kier molecular flexibility index (Phi) is 8.18. The fourth-order valence-corrected chi connectivity index (χ4v) is 5.46. The molecule has 9 heteroatoms. The van der Waals surface area contributed by atoms with Crippen LogP contribution in [-0.4, -0.2) is 35.0 Å². The highest BCUT2D eigenvalue weighted by molar-refractivity contribution is 7.16. The van der Waals surface area contributed by atoms with Crippen LogP contribution >= 0.6 is 11.3 Å². The van der Waals surface area contributed by atoms with Crippen LogP contribution in [0, 0.1) is 11.3 Å². The number of ether oxygens (including phenoxy) is 2. The zero-order chi connectivity index (χ0) is 25.5. The summed E-state index contributed by atoms with van der Waals surface area (Å²) >= 11 is 1.35. The lowest BCUT2D eigenvalue weighted by Crippen LogP contribution is -2.35. The molecule has 36 heavy (non-hydrogen) atoms. The van der Waals surface area contributed by atoms with Crippen molar-refractivity contribution < 1.29 is 19.1 Å². The number of carbonyl (C=O) groups is 2. The molecule has 1 aromatic carbocycles. The van der Waals surface area contributed by atoms with E-state index in [1.165, 1.54) is 11.3 Å². The van der Waals surface area contributed by atoms with E-state index in [0.29, 0.717) is 36.7 Å². The predicted octanol–water partition coefficient (Wildman–Crippen LogP) is 5.24. The number of carbonyl (C=O) groups excluding carboxylic acids is 2. The van der Waals surface area contributed by atoms with Crippen LogP contribution in [0.25, 0.3) is 0 Å². The standard InChI is InChI=1S/C27H28N4O4S/c1-3-34-23-9-5-4-8-20(23)18(2)13-25(32)30-26-22(14-28)21-10-12-31(16-24(21)36-26)27(33)35-17-19-7-6-11-29-15-19/h4-9,11,15,18H,3,10,12-13,16-17H2,1-2H3,(H,30,32). The fourth-order valence-electron chi connectivity index (χ4n) is 4.23. The molecule has 186 valence electrons. The molecule has 0 radical (unpaired) electrons. The van der Waals surface area contributed by atoms with Crippen molar-refractivity contribution in [1.29, 1.82) is 5.26 Å². The highest BCUT2D eigenvalue weighted by Crippen LogP contribution is 2.37. The Morgan fingerprint density at radius 2 is 2.11 bits per heavy atom. The molecule has 0 spiro atoms. The third-order valence-corrected chi connectivity index (χ3v) is 7.14. The van der Waals surface area contributed by atoms with Crippen molar-refractivity contribution in [1.82, 2.24) is 9.88 Å². The molecule has 1 unspecified atom stereocenters. The Bertz CT molecular complexity index is 1270. The first kappa shape index (κ1) is 25.2. The molecule has 0 aliphatic carbocycles. The van der Waals surface area contributed by atoms with Crippen LogP contribution in [-0.2, 0) is 29.1 Å². The van der Waals surface area contributed by atoms with Crippen molar-refractivity contribution in [3.63, 3.8) is 0 Å². The first-order valence-electron chi connectivity index (χ1n) is 11.9. The predicted molar refractivity (Wildman–Crippen MR) is 137 cm³/mol. The number of thiophene rings is 1. The lowest BCUT2D eigenvalue weighted by molar-refractivity contribution is -0.116. The number of hydrogen-bond acceptors (Lipinski definition) is 7. The minimum Gasteiger partial charge on any atom is -0.494 e. The van der Waals surface area contributed by atoms with E-state index in [1.807, 2.05) is 44.2 Å². The summed E-state index contributed by atoms with van der Waals surface area (Å²) in [5.74, 6) is 0.551. The first-order valence-corrected chi connectivity index (χ1v) is 12.7. The van der Waals surface area contributed by atoms with Gasteiger partial charge in [0, 0.05) is 35.8 Å². The molecule has 0 saturated carbocycles. The quantitative estimate of drug-likeness (QED) is 0.450. The molecular weight excluding hydrogens is 476 g/mol. The molecule has 1 aliphatic heterocycles. The van der Waals surface area contributed by atoms with Gasteiger partial charge >= 0.3 is 6.09 Å². The highest BCUT2D eigenvalue weighted by atomic mass is 32.1. The molecule has 1 aliphatic rings. The van der Waals surface area contributed by atoms with E-state index >= 15 is 0 Å². The van der Waals surface area contributed by atoms with Crippen LogP contribution in [0.2, 0.25) is 0 Å². The van der Waals surface area contributed by atoms with E-state index in [-0.39, 0.29) is 24.9 Å². The summed E-state index contributed by atoms with van der Waals surface area (Å²) in [6, 6.07) is 13.6. The zero-order valence-corrected chi connectivity index (χ0v) is 21.1. The normalized spacial score (nSPS) is 13.3. The van der Waals surface area contributed by atoms with Crippen LogP contribution in [0.5, 0.6) is 5.75 Å². The Morgan fingerprint density at radius 3 is 2.86 bits per heavy atom. The highest BCUT2D eigenvalue weighted by Gasteiger charge is 2.28. The van der Waals surface area contributed by atoms with Gasteiger partial charge in [0.05, 0.1) is 18.7 Å². The second-order valence-corrected chi connectivity index (χ2v) is 9.64. The molecular formula is C27H28N4O4S. The van der Waals surface area contributed by atoms with Gasteiger partial charge in [-0.3, -0.25) is 9.78 Å². The molecule has 3 aromatic rings. The van der Waals surface area contributed by atoms with Gasteiger partial charge in [-0.2, -0.15) is 5.26 Å². The maximum atomic E-state index is 12.9. The zero-order valence-electron chi connectivity index (χ0n) is 20.3. The van der Waals surface area contributed by atoms with Crippen molar-refractivity contribution >= 4 is 28.3 Å². The molecule has 4 rings (SSSR count). The van der Waals surface area contributed by atoms with Crippen LogP contribution in [0.1, 0.15) is 53.3 Å². The minimum absolute atomic E-state index is 0.0575. The van der Waals surface area contributed by atoms with Crippen molar-refractivity contribution in [3.05, 3.63) is 75.9 Å². The van der Waals surface area contributed by atoms with Crippen molar-refractivity contribution in [3.8, 4) is 11.8 Å². The summed E-state index contributed by atoms with van der Waals surface area (Å²) in [5, 5.41) is 13.3. The van der Waals surface area contributed by atoms with E-state index in [1.54, 1.807) is 23.4 Å².